The number of hydrogen-bond donors (Lipinski definition) is 0. The minimum Gasteiger partial charge on any atom is -0.309 e. The summed E-state index contributed by atoms with van der Waals surface area (Å²) in [5.74, 6) is 0. The second-order valence-corrected chi connectivity index (χ2v) is 13.3. The van der Waals surface area contributed by atoms with E-state index in [2.05, 4.69) is 205 Å². The fourth-order valence-electron chi connectivity index (χ4n) is 8.00. The van der Waals surface area contributed by atoms with E-state index in [1.54, 1.807) is 0 Å². The van der Waals surface area contributed by atoms with Crippen LogP contribution in [0.3, 0.4) is 0 Å². The molecule has 0 saturated carbocycles. The highest BCUT2D eigenvalue weighted by Crippen LogP contribution is 2.46. The summed E-state index contributed by atoms with van der Waals surface area (Å²) >= 11 is 0. The standard InChI is InChI=1S/C50H33N/c1-3-15-36(16-4-1)47-29-30-48(37-17-5-2-6-18-37)51(47)42-27-28-45-46(33-42)50(41-26-24-35-14-8-10-20-39(35)32-41)44-22-12-11-21-43(44)49(45)40-25-23-34-13-7-9-19-38(34)31-40/h1-33H. The first-order valence-corrected chi connectivity index (χ1v) is 17.6. The van der Waals surface area contributed by atoms with Gasteiger partial charge in [0.2, 0.25) is 0 Å². The van der Waals surface area contributed by atoms with Crippen LogP contribution in [-0.2, 0) is 0 Å². The second-order valence-electron chi connectivity index (χ2n) is 13.3. The number of hydrogen-bond acceptors (Lipinski definition) is 0. The zero-order chi connectivity index (χ0) is 33.7. The third-order valence-electron chi connectivity index (χ3n) is 10.4. The van der Waals surface area contributed by atoms with Gasteiger partial charge in [0.1, 0.15) is 0 Å². The van der Waals surface area contributed by atoms with Crippen molar-refractivity contribution in [1.29, 1.82) is 0 Å². The van der Waals surface area contributed by atoms with E-state index in [1.807, 2.05) is 0 Å². The normalized spacial score (nSPS) is 11.5. The van der Waals surface area contributed by atoms with Crippen molar-refractivity contribution in [3.05, 3.63) is 200 Å². The maximum Gasteiger partial charge on any atom is 0.0535 e. The van der Waals surface area contributed by atoms with Gasteiger partial charge in [-0.25, -0.2) is 0 Å². The summed E-state index contributed by atoms with van der Waals surface area (Å²) in [6.45, 7) is 0. The summed E-state index contributed by atoms with van der Waals surface area (Å²) in [4.78, 5) is 0. The average molecular weight is 648 g/mol. The van der Waals surface area contributed by atoms with Crippen molar-refractivity contribution in [3.63, 3.8) is 0 Å². The average Bonchev–Trinajstić information content (AvgIpc) is 3.65. The molecule has 51 heavy (non-hydrogen) atoms. The fourth-order valence-corrected chi connectivity index (χ4v) is 8.00. The monoisotopic (exact) mass is 647 g/mol. The van der Waals surface area contributed by atoms with Gasteiger partial charge in [0.25, 0.3) is 0 Å². The van der Waals surface area contributed by atoms with Gasteiger partial charge in [-0.15, -0.1) is 0 Å². The molecule has 1 aromatic heterocycles. The Balaban J connectivity index is 1.33. The van der Waals surface area contributed by atoms with Gasteiger partial charge in [0, 0.05) is 5.69 Å². The number of nitrogens with zero attached hydrogens (tertiary/aromatic N) is 1. The van der Waals surface area contributed by atoms with Crippen LogP contribution >= 0.6 is 0 Å². The molecule has 0 fully saturated rings. The van der Waals surface area contributed by atoms with Crippen LogP contribution in [-0.4, -0.2) is 4.57 Å². The molecular weight excluding hydrogens is 615 g/mol. The summed E-state index contributed by atoms with van der Waals surface area (Å²) in [7, 11) is 0. The highest BCUT2D eigenvalue weighted by molar-refractivity contribution is 6.22. The smallest absolute Gasteiger partial charge is 0.0535 e. The lowest BCUT2D eigenvalue weighted by Gasteiger charge is -2.21. The summed E-state index contributed by atoms with van der Waals surface area (Å²) in [6, 6.07) is 73.1. The summed E-state index contributed by atoms with van der Waals surface area (Å²) in [6.07, 6.45) is 0. The predicted octanol–water partition coefficient (Wildman–Crippen LogP) is 13.8. The Morgan fingerprint density at radius 2 is 0.686 bits per heavy atom. The minimum absolute atomic E-state index is 1.13. The predicted molar refractivity (Wildman–Crippen MR) is 218 cm³/mol. The fraction of sp³-hybridized carbons (Fsp3) is 0. The SMILES string of the molecule is c1ccc(-c2ccc(-c3ccccc3)n2-c2ccc3c(-c4ccc5ccccc5c4)c4ccccc4c(-c4ccc5ccccc5c4)c3c2)cc1. The third kappa shape index (κ3) is 4.94. The van der Waals surface area contributed by atoms with Gasteiger partial charge in [-0.3, -0.25) is 0 Å². The molecule has 0 unspecified atom stereocenters. The van der Waals surface area contributed by atoms with Gasteiger partial charge in [-0.05, 0) is 113 Å². The molecule has 10 aromatic rings. The highest BCUT2D eigenvalue weighted by Gasteiger charge is 2.20. The number of fused-ring (bicyclic) bond motifs is 4. The molecule has 0 aliphatic carbocycles. The van der Waals surface area contributed by atoms with Crippen LogP contribution < -0.4 is 0 Å². The first-order chi connectivity index (χ1) is 25.3. The molecule has 238 valence electrons. The van der Waals surface area contributed by atoms with Gasteiger partial charge in [0.05, 0.1) is 11.4 Å². The lowest BCUT2D eigenvalue weighted by molar-refractivity contribution is 1.10. The molecule has 0 bridgehead atoms. The van der Waals surface area contributed by atoms with Crippen LogP contribution in [0.15, 0.2) is 200 Å². The molecule has 0 aliphatic heterocycles. The first-order valence-electron chi connectivity index (χ1n) is 17.6. The molecule has 0 atom stereocenters. The molecule has 9 aromatic carbocycles. The zero-order valence-corrected chi connectivity index (χ0v) is 28.0. The third-order valence-corrected chi connectivity index (χ3v) is 10.4. The van der Waals surface area contributed by atoms with Gasteiger partial charge in [0.15, 0.2) is 0 Å². The van der Waals surface area contributed by atoms with Crippen LogP contribution in [0.25, 0.3) is 93.5 Å². The van der Waals surface area contributed by atoms with E-state index >= 15 is 0 Å². The summed E-state index contributed by atoms with van der Waals surface area (Å²) in [5.41, 5.74) is 10.8. The summed E-state index contributed by atoms with van der Waals surface area (Å²) in [5, 5.41) is 9.96. The molecule has 0 radical (unpaired) electrons. The van der Waals surface area contributed by atoms with Crippen molar-refractivity contribution >= 4 is 43.1 Å². The number of aromatic nitrogens is 1. The Morgan fingerprint density at radius 1 is 0.255 bits per heavy atom. The van der Waals surface area contributed by atoms with Gasteiger partial charge >= 0.3 is 0 Å². The molecule has 1 heteroatoms. The van der Waals surface area contributed by atoms with E-state index in [4.69, 9.17) is 0 Å². The molecule has 0 aliphatic rings. The molecule has 0 amide bonds. The maximum atomic E-state index is 2.43. The van der Waals surface area contributed by atoms with Gasteiger partial charge in [-0.2, -0.15) is 0 Å². The van der Waals surface area contributed by atoms with Crippen LogP contribution in [0.2, 0.25) is 0 Å². The summed E-state index contributed by atoms with van der Waals surface area (Å²) < 4.78 is 2.43. The molecule has 1 nitrogen and oxygen atoms in total. The van der Waals surface area contributed by atoms with E-state index < -0.39 is 0 Å². The second kappa shape index (κ2) is 12.0. The molecule has 0 N–H and O–H groups in total. The van der Waals surface area contributed by atoms with Crippen LogP contribution in [0, 0.1) is 0 Å². The Kier molecular flexibility index (Phi) is 6.89. The number of rotatable bonds is 5. The van der Waals surface area contributed by atoms with Crippen molar-refractivity contribution in [3.8, 4) is 50.5 Å². The Morgan fingerprint density at radius 3 is 1.22 bits per heavy atom. The van der Waals surface area contributed by atoms with Gasteiger partial charge < -0.3 is 4.57 Å². The zero-order valence-electron chi connectivity index (χ0n) is 28.0. The molecular formula is C50H33N. The van der Waals surface area contributed by atoms with E-state index in [9.17, 15) is 0 Å². The minimum atomic E-state index is 1.13. The van der Waals surface area contributed by atoms with Crippen molar-refractivity contribution in [2.24, 2.45) is 0 Å². The Bertz CT molecular complexity index is 2840. The van der Waals surface area contributed by atoms with Crippen LogP contribution in [0.5, 0.6) is 0 Å². The maximum absolute atomic E-state index is 2.43. The van der Waals surface area contributed by atoms with Crippen LogP contribution in [0.4, 0.5) is 0 Å². The quantitative estimate of drug-likeness (QED) is 0.164. The van der Waals surface area contributed by atoms with E-state index in [0.29, 0.717) is 0 Å². The van der Waals surface area contributed by atoms with Crippen molar-refractivity contribution in [2.45, 2.75) is 0 Å². The highest BCUT2D eigenvalue weighted by atomic mass is 15.0. The van der Waals surface area contributed by atoms with Crippen molar-refractivity contribution in [2.75, 3.05) is 0 Å². The topological polar surface area (TPSA) is 4.93 Å². The van der Waals surface area contributed by atoms with Crippen molar-refractivity contribution in [1.82, 2.24) is 4.57 Å². The lowest BCUT2D eigenvalue weighted by atomic mass is 9.85. The molecule has 0 saturated heterocycles. The van der Waals surface area contributed by atoms with Gasteiger partial charge in [-0.1, -0.05) is 164 Å². The van der Waals surface area contributed by atoms with E-state index in [1.165, 1.54) is 76.5 Å². The van der Waals surface area contributed by atoms with E-state index in [0.717, 1.165) is 17.1 Å². The largest absolute Gasteiger partial charge is 0.309 e. The van der Waals surface area contributed by atoms with Crippen LogP contribution in [0.1, 0.15) is 0 Å². The molecule has 0 spiro atoms. The molecule has 1 heterocycles. The molecule has 10 rings (SSSR count). The van der Waals surface area contributed by atoms with Crippen molar-refractivity contribution < 1.29 is 0 Å². The van der Waals surface area contributed by atoms with E-state index in [-0.39, 0.29) is 0 Å². The lowest BCUT2D eigenvalue weighted by Crippen LogP contribution is -2.00. The first kappa shape index (κ1) is 29.2. The number of benzene rings is 9. The Labute approximate surface area is 297 Å². The Hall–Kier alpha value is -6.70.